The van der Waals surface area contributed by atoms with Crippen molar-refractivity contribution < 1.29 is 62.9 Å². The predicted octanol–water partition coefficient (Wildman–Crippen LogP) is 2.13. The van der Waals surface area contributed by atoms with Crippen molar-refractivity contribution >= 4 is 5.91 Å². The number of ether oxygens (including phenoxy) is 1. The Balaban J connectivity index is 5.78. The van der Waals surface area contributed by atoms with Crippen molar-refractivity contribution in [2.24, 2.45) is 0 Å². The molecule has 1 atom stereocenters. The molecule has 1 amide bonds. The summed E-state index contributed by atoms with van der Waals surface area (Å²) < 4.78 is 138. The van der Waals surface area contributed by atoms with Crippen LogP contribution in [-0.4, -0.2) is 54.4 Å². The first-order valence-corrected chi connectivity index (χ1v) is 5.11. The molecule has 0 aromatic heterocycles. The van der Waals surface area contributed by atoms with Gasteiger partial charge in [0.15, 0.2) is 0 Å². The number of hydrogen-bond donors (Lipinski definition) is 2. The van der Waals surface area contributed by atoms with Crippen molar-refractivity contribution in [2.45, 2.75) is 30.2 Å². The summed E-state index contributed by atoms with van der Waals surface area (Å²) in [5.41, 5.74) is 0. The van der Waals surface area contributed by atoms with E-state index >= 15 is 0 Å². The lowest BCUT2D eigenvalue weighted by Gasteiger charge is -2.34. The standard InChI is InChI=1S/C8H6F11NO3/c9-4(6(12,13)14,3(22)20-1-2-21)23-8(18,19)5(10,11)7(15,16)17/h21H,1-2H2,(H,20,22). The summed E-state index contributed by atoms with van der Waals surface area (Å²) in [5.74, 6) is -16.6. The maximum absolute atomic E-state index is 13.4. The van der Waals surface area contributed by atoms with Crippen LogP contribution in [0, 0.1) is 0 Å². The molecule has 2 N–H and O–H groups in total. The smallest absolute Gasteiger partial charge is 0.395 e. The fraction of sp³-hybridized carbons (Fsp3) is 0.875. The highest BCUT2D eigenvalue weighted by Gasteiger charge is 2.79. The molecule has 0 fully saturated rings. The van der Waals surface area contributed by atoms with Crippen LogP contribution in [0.25, 0.3) is 0 Å². The molecule has 0 rings (SSSR count). The van der Waals surface area contributed by atoms with Gasteiger partial charge in [0.25, 0.3) is 5.91 Å². The van der Waals surface area contributed by atoms with Gasteiger partial charge in [-0.3, -0.25) is 9.53 Å². The number of hydrogen-bond acceptors (Lipinski definition) is 3. The Hall–Kier alpha value is -1.38. The Bertz CT molecular complexity index is 432. The first-order chi connectivity index (χ1) is 9.94. The number of aliphatic hydroxyl groups is 1. The fourth-order valence-corrected chi connectivity index (χ4v) is 0.922. The summed E-state index contributed by atoms with van der Waals surface area (Å²) in [4.78, 5) is 10.8. The minimum atomic E-state index is -7.24. The van der Waals surface area contributed by atoms with Crippen LogP contribution >= 0.6 is 0 Å². The molecule has 0 aliphatic rings. The highest BCUT2D eigenvalue weighted by molar-refractivity contribution is 5.84. The summed E-state index contributed by atoms with van der Waals surface area (Å²) >= 11 is 0. The van der Waals surface area contributed by atoms with Crippen molar-refractivity contribution in [3.63, 3.8) is 0 Å². The third-order valence-corrected chi connectivity index (χ3v) is 2.04. The van der Waals surface area contributed by atoms with Crippen molar-refractivity contribution in [1.82, 2.24) is 5.32 Å². The minimum absolute atomic E-state index is 0.824. The molecule has 4 nitrogen and oxygen atoms in total. The van der Waals surface area contributed by atoms with Crippen molar-refractivity contribution in [3.05, 3.63) is 0 Å². The molecule has 0 saturated carbocycles. The van der Waals surface area contributed by atoms with Crippen LogP contribution in [0.15, 0.2) is 0 Å². The number of carbonyl (C=O) groups excluding carboxylic acids is 1. The number of halogens is 11. The predicted molar refractivity (Wildman–Crippen MR) is 47.0 cm³/mol. The van der Waals surface area contributed by atoms with Crippen LogP contribution in [0.1, 0.15) is 0 Å². The summed E-state index contributed by atoms with van der Waals surface area (Å²) in [5, 5.41) is 9.00. The third-order valence-electron chi connectivity index (χ3n) is 2.04. The van der Waals surface area contributed by atoms with E-state index in [1.54, 1.807) is 0 Å². The zero-order chi connectivity index (χ0) is 18.9. The maximum Gasteiger partial charge on any atom is 0.462 e. The highest BCUT2D eigenvalue weighted by Crippen LogP contribution is 2.50. The van der Waals surface area contributed by atoms with Gasteiger partial charge in [-0.05, 0) is 0 Å². The molecule has 0 aliphatic heterocycles. The summed E-state index contributed by atoms with van der Waals surface area (Å²) in [6, 6.07) is 0. The fourth-order valence-electron chi connectivity index (χ4n) is 0.922. The Morgan fingerprint density at radius 2 is 1.30 bits per heavy atom. The van der Waals surface area contributed by atoms with E-state index < -0.39 is 49.3 Å². The molecule has 0 heterocycles. The van der Waals surface area contributed by atoms with E-state index in [2.05, 4.69) is 0 Å². The largest absolute Gasteiger partial charge is 0.462 e. The summed E-state index contributed by atoms with van der Waals surface area (Å²) in [6.45, 7) is -2.29. The monoisotopic (exact) mass is 373 g/mol. The van der Waals surface area contributed by atoms with Crippen LogP contribution in [0.5, 0.6) is 0 Å². The van der Waals surface area contributed by atoms with Crippen LogP contribution < -0.4 is 5.32 Å². The normalized spacial score (nSPS) is 16.9. The van der Waals surface area contributed by atoms with E-state index in [-0.39, 0.29) is 0 Å². The quantitative estimate of drug-likeness (QED) is 0.702. The Morgan fingerprint density at radius 1 is 0.870 bits per heavy atom. The second kappa shape index (κ2) is 6.26. The first kappa shape index (κ1) is 21.6. The second-order valence-electron chi connectivity index (χ2n) is 3.76. The van der Waals surface area contributed by atoms with Gasteiger partial charge in [0, 0.05) is 6.54 Å². The van der Waals surface area contributed by atoms with Crippen LogP contribution in [0.4, 0.5) is 48.3 Å². The number of rotatable bonds is 6. The number of nitrogens with one attached hydrogen (secondary N) is 1. The average Bonchev–Trinajstić information content (AvgIpc) is 2.32. The van der Waals surface area contributed by atoms with E-state index in [1.807, 2.05) is 4.74 Å². The van der Waals surface area contributed by atoms with Gasteiger partial charge in [-0.2, -0.15) is 48.3 Å². The van der Waals surface area contributed by atoms with Crippen LogP contribution in [-0.2, 0) is 9.53 Å². The molecule has 0 aromatic rings. The SMILES string of the molecule is O=C(NCCO)C(F)(OC(F)(F)C(F)(F)C(F)(F)F)C(F)(F)F. The van der Waals surface area contributed by atoms with E-state index in [9.17, 15) is 53.1 Å². The van der Waals surface area contributed by atoms with Crippen molar-refractivity contribution in [1.29, 1.82) is 0 Å². The highest BCUT2D eigenvalue weighted by atomic mass is 19.4. The molecule has 15 heteroatoms. The van der Waals surface area contributed by atoms with E-state index in [4.69, 9.17) is 5.11 Å². The number of aliphatic hydroxyl groups excluding tert-OH is 1. The Kier molecular flexibility index (Phi) is 5.88. The summed E-state index contributed by atoms with van der Waals surface area (Å²) in [6.07, 6.45) is -20.9. The lowest BCUT2D eigenvalue weighted by molar-refractivity contribution is -0.472. The zero-order valence-electron chi connectivity index (χ0n) is 10.3. The minimum Gasteiger partial charge on any atom is -0.395 e. The van der Waals surface area contributed by atoms with Crippen molar-refractivity contribution in [3.8, 4) is 0 Å². The first-order valence-electron chi connectivity index (χ1n) is 5.11. The lowest BCUT2D eigenvalue weighted by Crippen LogP contribution is -2.63. The van der Waals surface area contributed by atoms with Gasteiger partial charge < -0.3 is 10.4 Å². The molecule has 138 valence electrons. The van der Waals surface area contributed by atoms with Gasteiger partial charge in [0.2, 0.25) is 0 Å². The number of amides is 1. The molecule has 0 saturated heterocycles. The van der Waals surface area contributed by atoms with Crippen LogP contribution in [0.3, 0.4) is 0 Å². The molecule has 0 aliphatic carbocycles. The number of alkyl halides is 11. The van der Waals surface area contributed by atoms with Gasteiger partial charge in [0.1, 0.15) is 0 Å². The molecule has 23 heavy (non-hydrogen) atoms. The van der Waals surface area contributed by atoms with Crippen molar-refractivity contribution in [2.75, 3.05) is 13.2 Å². The average molecular weight is 373 g/mol. The molecular weight excluding hydrogens is 367 g/mol. The van der Waals surface area contributed by atoms with Gasteiger partial charge in [-0.1, -0.05) is 0 Å². The Labute approximate surface area is 119 Å². The molecular formula is C8H6F11NO3. The van der Waals surface area contributed by atoms with E-state index in [1.165, 1.54) is 0 Å². The molecule has 0 radical (unpaired) electrons. The molecule has 0 spiro atoms. The van der Waals surface area contributed by atoms with Gasteiger partial charge in [-0.15, -0.1) is 0 Å². The van der Waals surface area contributed by atoms with E-state index in [0.717, 1.165) is 5.32 Å². The van der Waals surface area contributed by atoms with E-state index in [0.29, 0.717) is 0 Å². The Morgan fingerprint density at radius 3 is 1.61 bits per heavy atom. The van der Waals surface area contributed by atoms with Gasteiger partial charge in [0.05, 0.1) is 6.61 Å². The molecule has 1 unspecified atom stereocenters. The second-order valence-corrected chi connectivity index (χ2v) is 3.76. The van der Waals surface area contributed by atoms with Crippen LogP contribution in [0.2, 0.25) is 0 Å². The van der Waals surface area contributed by atoms with Gasteiger partial charge in [-0.25, -0.2) is 0 Å². The maximum atomic E-state index is 13.4. The third kappa shape index (κ3) is 4.13. The van der Waals surface area contributed by atoms with Gasteiger partial charge >= 0.3 is 30.2 Å². The zero-order valence-corrected chi connectivity index (χ0v) is 10.3. The topological polar surface area (TPSA) is 58.6 Å². The molecule has 0 bridgehead atoms. The lowest BCUT2D eigenvalue weighted by atomic mass is 10.2. The summed E-state index contributed by atoms with van der Waals surface area (Å²) in [7, 11) is 0. The number of carbonyl (C=O) groups is 1. The molecule has 0 aromatic carbocycles.